The van der Waals surface area contributed by atoms with E-state index in [4.69, 9.17) is 0 Å². The smallest absolute Gasteiger partial charge is 0.120 e. The van der Waals surface area contributed by atoms with E-state index in [9.17, 15) is 14.4 Å². The van der Waals surface area contributed by atoms with Gasteiger partial charge in [0.1, 0.15) is 18.9 Å². The van der Waals surface area contributed by atoms with Crippen molar-refractivity contribution in [1.82, 2.24) is 0 Å². The van der Waals surface area contributed by atoms with Gasteiger partial charge < -0.3 is 14.4 Å². The highest BCUT2D eigenvalue weighted by atomic mass is 16.1. The van der Waals surface area contributed by atoms with Gasteiger partial charge in [-0.25, -0.2) is 0 Å². The largest absolute Gasteiger partial charge is 0.303 e. The van der Waals surface area contributed by atoms with Crippen LogP contribution in [-0.4, -0.2) is 18.9 Å². The average Bonchev–Trinajstić information content (AvgIpc) is 3.09. The van der Waals surface area contributed by atoms with Crippen LogP contribution in [0.4, 0.5) is 0 Å². The molecule has 0 saturated heterocycles. The van der Waals surface area contributed by atoms with Crippen molar-refractivity contribution in [2.45, 2.75) is 97.3 Å². The van der Waals surface area contributed by atoms with Crippen LogP contribution in [0.2, 0.25) is 0 Å². The van der Waals surface area contributed by atoms with Crippen molar-refractivity contribution < 1.29 is 14.4 Å². The summed E-state index contributed by atoms with van der Waals surface area (Å²) in [5, 5.41) is 0. The van der Waals surface area contributed by atoms with Crippen LogP contribution in [0.1, 0.15) is 97.3 Å². The molecular formula is C21H38O3. The lowest BCUT2D eigenvalue weighted by molar-refractivity contribution is -0.109. The van der Waals surface area contributed by atoms with Crippen LogP contribution in [0, 0.1) is 17.8 Å². The average molecular weight is 339 g/mol. The first-order valence-electron chi connectivity index (χ1n) is 9.94. The van der Waals surface area contributed by atoms with Gasteiger partial charge in [-0.15, -0.1) is 0 Å². The van der Waals surface area contributed by atoms with Crippen LogP contribution in [-0.2, 0) is 14.4 Å². The Morgan fingerprint density at radius 3 is 1.42 bits per heavy atom. The Hall–Kier alpha value is -0.990. The minimum Gasteiger partial charge on any atom is -0.303 e. The third-order valence-electron chi connectivity index (χ3n) is 4.92. The molecule has 0 N–H and O–H groups in total. The van der Waals surface area contributed by atoms with Crippen molar-refractivity contribution in [3.8, 4) is 0 Å². The molecule has 3 nitrogen and oxygen atoms in total. The highest BCUT2D eigenvalue weighted by Gasteiger charge is 2.13. The molecule has 2 saturated carbocycles. The highest BCUT2D eigenvalue weighted by Crippen LogP contribution is 2.26. The lowest BCUT2D eigenvalue weighted by Gasteiger charge is -2.18. The topological polar surface area (TPSA) is 51.2 Å². The van der Waals surface area contributed by atoms with Crippen molar-refractivity contribution in [3.05, 3.63) is 0 Å². The summed E-state index contributed by atoms with van der Waals surface area (Å²) in [7, 11) is 0. The zero-order valence-corrected chi connectivity index (χ0v) is 15.9. The number of rotatable bonds is 7. The molecule has 0 aliphatic heterocycles. The molecule has 0 aromatic carbocycles. The van der Waals surface area contributed by atoms with E-state index in [0.29, 0.717) is 5.92 Å². The first kappa shape index (κ1) is 23.0. The maximum Gasteiger partial charge on any atom is 0.120 e. The SMILES string of the molecule is CC(C)CCC=O.O=CCC1CCCC1.O=CCC1CCCCC1. The second-order valence-corrected chi connectivity index (χ2v) is 7.60. The molecule has 0 aromatic heterocycles. The minimum atomic E-state index is 0.671. The number of hydrogen-bond donors (Lipinski definition) is 0. The normalized spacial score (nSPS) is 18.1. The standard InChI is InChI=1S/C8H14O.C7H12O.C6H12O/c9-7-6-8-4-2-1-3-5-8;8-6-5-7-3-1-2-4-7;1-6(2)4-3-5-7/h7-8H,1-6H2;6-7H,1-5H2;5-6H,3-4H2,1-2H3. The lowest BCUT2D eigenvalue weighted by Crippen LogP contribution is -2.05. The molecule has 0 bridgehead atoms. The van der Waals surface area contributed by atoms with Gasteiger partial charge in [-0.1, -0.05) is 71.6 Å². The number of hydrogen-bond acceptors (Lipinski definition) is 3. The second-order valence-electron chi connectivity index (χ2n) is 7.60. The van der Waals surface area contributed by atoms with Crippen LogP contribution >= 0.6 is 0 Å². The Bertz CT molecular complexity index is 300. The summed E-state index contributed by atoms with van der Waals surface area (Å²) in [6, 6.07) is 0. The van der Waals surface area contributed by atoms with E-state index in [2.05, 4.69) is 13.8 Å². The fraction of sp³-hybridized carbons (Fsp3) is 0.857. The monoisotopic (exact) mass is 338 g/mol. The molecular weight excluding hydrogens is 300 g/mol. The maximum atomic E-state index is 10.1. The Morgan fingerprint density at radius 2 is 1.12 bits per heavy atom. The molecule has 0 heterocycles. The molecule has 3 heteroatoms. The maximum absolute atomic E-state index is 10.1. The van der Waals surface area contributed by atoms with Crippen LogP contribution in [0.25, 0.3) is 0 Å². The molecule has 24 heavy (non-hydrogen) atoms. The van der Waals surface area contributed by atoms with E-state index in [0.717, 1.165) is 56.4 Å². The molecule has 0 unspecified atom stereocenters. The zero-order chi connectivity index (χ0) is 18.0. The van der Waals surface area contributed by atoms with E-state index in [1.807, 2.05) is 0 Å². The fourth-order valence-electron chi connectivity index (χ4n) is 3.34. The molecule has 0 amide bonds. The summed E-state index contributed by atoms with van der Waals surface area (Å²) >= 11 is 0. The summed E-state index contributed by atoms with van der Waals surface area (Å²) < 4.78 is 0. The third kappa shape index (κ3) is 14.6. The van der Waals surface area contributed by atoms with E-state index in [1.165, 1.54) is 57.8 Å². The van der Waals surface area contributed by atoms with Gasteiger partial charge in [0.05, 0.1) is 0 Å². The van der Waals surface area contributed by atoms with Gasteiger partial charge in [0.15, 0.2) is 0 Å². The predicted octanol–water partition coefficient (Wildman–Crippen LogP) is 5.54. The summed E-state index contributed by atoms with van der Waals surface area (Å²) in [5.41, 5.74) is 0. The predicted molar refractivity (Wildman–Crippen MR) is 100 cm³/mol. The van der Waals surface area contributed by atoms with Crippen molar-refractivity contribution in [2.24, 2.45) is 17.8 Å². The van der Waals surface area contributed by atoms with Crippen molar-refractivity contribution in [3.63, 3.8) is 0 Å². The van der Waals surface area contributed by atoms with Gasteiger partial charge >= 0.3 is 0 Å². The van der Waals surface area contributed by atoms with Gasteiger partial charge in [0, 0.05) is 19.3 Å². The van der Waals surface area contributed by atoms with Gasteiger partial charge in [-0.2, -0.15) is 0 Å². The van der Waals surface area contributed by atoms with Crippen molar-refractivity contribution in [2.75, 3.05) is 0 Å². The minimum absolute atomic E-state index is 0.671. The van der Waals surface area contributed by atoms with E-state index in [-0.39, 0.29) is 0 Å². The number of aldehydes is 3. The Balaban J connectivity index is 0.000000334. The van der Waals surface area contributed by atoms with E-state index in [1.54, 1.807) is 0 Å². The fourth-order valence-corrected chi connectivity index (χ4v) is 3.34. The molecule has 2 aliphatic carbocycles. The van der Waals surface area contributed by atoms with Crippen LogP contribution in [0.3, 0.4) is 0 Å². The molecule has 2 fully saturated rings. The number of carbonyl (C=O) groups excluding carboxylic acids is 3. The molecule has 2 rings (SSSR count). The summed E-state index contributed by atoms with van der Waals surface area (Å²) in [6.45, 7) is 4.23. The van der Waals surface area contributed by atoms with Gasteiger partial charge in [0.2, 0.25) is 0 Å². The summed E-state index contributed by atoms with van der Waals surface area (Å²) in [6.07, 6.45) is 18.4. The summed E-state index contributed by atoms with van der Waals surface area (Å²) in [5.74, 6) is 2.15. The van der Waals surface area contributed by atoms with Gasteiger partial charge in [0.25, 0.3) is 0 Å². The number of carbonyl (C=O) groups is 3. The Morgan fingerprint density at radius 1 is 0.708 bits per heavy atom. The lowest BCUT2D eigenvalue weighted by atomic mass is 9.87. The molecule has 2 aliphatic rings. The highest BCUT2D eigenvalue weighted by molar-refractivity contribution is 5.50. The van der Waals surface area contributed by atoms with Crippen molar-refractivity contribution >= 4 is 18.9 Å². The molecule has 140 valence electrons. The van der Waals surface area contributed by atoms with E-state index >= 15 is 0 Å². The van der Waals surface area contributed by atoms with Crippen LogP contribution < -0.4 is 0 Å². The molecule has 0 aromatic rings. The molecule has 0 radical (unpaired) electrons. The quantitative estimate of drug-likeness (QED) is 0.572. The van der Waals surface area contributed by atoms with Crippen molar-refractivity contribution in [1.29, 1.82) is 0 Å². The second kappa shape index (κ2) is 16.9. The Kier molecular flexibility index (Phi) is 16.2. The first-order chi connectivity index (χ1) is 11.6. The zero-order valence-electron chi connectivity index (χ0n) is 15.9. The molecule has 0 spiro atoms. The van der Waals surface area contributed by atoms with E-state index < -0.39 is 0 Å². The first-order valence-corrected chi connectivity index (χ1v) is 9.94. The third-order valence-corrected chi connectivity index (χ3v) is 4.92. The van der Waals surface area contributed by atoms with Gasteiger partial charge in [-0.05, 0) is 24.2 Å². The van der Waals surface area contributed by atoms with Crippen LogP contribution in [0.5, 0.6) is 0 Å². The summed E-state index contributed by atoms with van der Waals surface area (Å²) in [4.78, 5) is 29.7. The van der Waals surface area contributed by atoms with Gasteiger partial charge in [-0.3, -0.25) is 0 Å². The Labute approximate surface area is 149 Å². The molecule has 0 atom stereocenters. The van der Waals surface area contributed by atoms with Crippen LogP contribution in [0.15, 0.2) is 0 Å².